The summed E-state index contributed by atoms with van der Waals surface area (Å²) < 4.78 is 0. The van der Waals surface area contributed by atoms with E-state index in [4.69, 9.17) is 11.6 Å². The minimum Gasteiger partial charge on any atom is -0.384 e. The molecule has 0 radical (unpaired) electrons. The molecule has 1 aliphatic heterocycles. The summed E-state index contributed by atoms with van der Waals surface area (Å²) in [6, 6.07) is 4.57. The van der Waals surface area contributed by atoms with Gasteiger partial charge in [-0.1, -0.05) is 24.4 Å². The van der Waals surface area contributed by atoms with Crippen molar-refractivity contribution in [2.24, 2.45) is 11.8 Å². The highest BCUT2D eigenvalue weighted by Gasteiger charge is 2.54. The van der Waals surface area contributed by atoms with Crippen molar-refractivity contribution >= 4 is 11.6 Å². The summed E-state index contributed by atoms with van der Waals surface area (Å²) in [5.41, 5.74) is 0.280. The number of likely N-dealkylation sites (tertiary alicyclic amines) is 1. The van der Waals surface area contributed by atoms with Crippen molar-refractivity contribution in [3.8, 4) is 0 Å². The first-order valence-electron chi connectivity index (χ1n) is 8.26. The Hall–Kier alpha value is -0.640. The summed E-state index contributed by atoms with van der Waals surface area (Å²) in [5.74, 6) is 0.686. The Morgan fingerprint density at radius 1 is 1.14 bits per heavy atom. The summed E-state index contributed by atoms with van der Waals surface area (Å²) in [7, 11) is 0. The monoisotopic (exact) mass is 306 g/mol. The summed E-state index contributed by atoms with van der Waals surface area (Å²) in [6.45, 7) is 2.08. The van der Waals surface area contributed by atoms with Crippen LogP contribution in [0.1, 0.15) is 44.1 Å². The van der Waals surface area contributed by atoms with Gasteiger partial charge in [-0.2, -0.15) is 0 Å². The zero-order chi connectivity index (χ0) is 14.4. The van der Waals surface area contributed by atoms with E-state index < -0.39 is 5.60 Å². The van der Waals surface area contributed by atoms with Crippen LogP contribution in [0.2, 0.25) is 5.15 Å². The van der Waals surface area contributed by atoms with E-state index in [0.29, 0.717) is 17.0 Å². The molecule has 1 aromatic rings. The third-order valence-electron chi connectivity index (χ3n) is 6.05. The lowest BCUT2D eigenvalue weighted by Crippen LogP contribution is -2.54. The number of aliphatic hydroxyl groups is 1. The number of rotatable bonds is 2. The van der Waals surface area contributed by atoms with Crippen molar-refractivity contribution in [2.75, 3.05) is 13.1 Å². The van der Waals surface area contributed by atoms with Crippen LogP contribution >= 0.6 is 11.6 Å². The van der Waals surface area contributed by atoms with Gasteiger partial charge in [0, 0.05) is 37.2 Å². The topological polar surface area (TPSA) is 36.4 Å². The van der Waals surface area contributed by atoms with Gasteiger partial charge in [-0.3, -0.25) is 4.90 Å². The maximum Gasteiger partial charge on any atom is 0.129 e. The Morgan fingerprint density at radius 2 is 1.81 bits per heavy atom. The van der Waals surface area contributed by atoms with E-state index >= 15 is 0 Å². The van der Waals surface area contributed by atoms with Crippen LogP contribution in [-0.4, -0.2) is 34.1 Å². The molecule has 2 unspecified atom stereocenters. The molecule has 1 saturated heterocycles. The Bertz CT molecular complexity index is 515. The van der Waals surface area contributed by atoms with E-state index in [1.807, 2.05) is 12.1 Å². The second-order valence-electron chi connectivity index (χ2n) is 7.06. The first-order valence-corrected chi connectivity index (χ1v) is 8.64. The molecule has 114 valence electrons. The van der Waals surface area contributed by atoms with Crippen LogP contribution in [0.3, 0.4) is 0 Å². The van der Waals surface area contributed by atoms with Gasteiger partial charge in [0.2, 0.25) is 0 Å². The molecule has 2 heterocycles. The van der Waals surface area contributed by atoms with Crippen LogP contribution in [0.4, 0.5) is 0 Å². The first-order chi connectivity index (χ1) is 10.2. The van der Waals surface area contributed by atoms with Crippen molar-refractivity contribution in [3.63, 3.8) is 0 Å². The standard InChI is InChI=1S/C17H23ClN2O/c18-16-9-12(7-8-19-16)17(21)13-5-6-14(17)11-20(10-13)15-3-1-2-4-15/h7-9,13-15,21H,1-6,10-11H2. The maximum atomic E-state index is 11.4. The largest absolute Gasteiger partial charge is 0.384 e. The van der Waals surface area contributed by atoms with Gasteiger partial charge in [-0.25, -0.2) is 4.98 Å². The van der Waals surface area contributed by atoms with E-state index in [1.165, 1.54) is 25.7 Å². The number of aromatic nitrogens is 1. The molecule has 4 rings (SSSR count). The van der Waals surface area contributed by atoms with Crippen LogP contribution in [0, 0.1) is 11.8 Å². The van der Waals surface area contributed by atoms with Gasteiger partial charge < -0.3 is 5.11 Å². The van der Waals surface area contributed by atoms with Crippen molar-refractivity contribution in [1.29, 1.82) is 0 Å². The van der Waals surface area contributed by atoms with Crippen LogP contribution in [-0.2, 0) is 5.60 Å². The third-order valence-corrected chi connectivity index (χ3v) is 6.25. The molecule has 1 aromatic heterocycles. The maximum absolute atomic E-state index is 11.4. The summed E-state index contributed by atoms with van der Waals surface area (Å²) >= 11 is 6.04. The normalized spacial score (nSPS) is 37.2. The molecule has 3 nitrogen and oxygen atoms in total. The Balaban J connectivity index is 1.61. The third kappa shape index (κ3) is 2.21. The second-order valence-corrected chi connectivity index (χ2v) is 7.44. The lowest BCUT2D eigenvalue weighted by atomic mass is 9.75. The Kier molecular flexibility index (Phi) is 3.48. The van der Waals surface area contributed by atoms with E-state index in [0.717, 1.165) is 37.5 Å². The van der Waals surface area contributed by atoms with Gasteiger partial charge in [0.15, 0.2) is 0 Å². The molecule has 2 aliphatic carbocycles. The molecular formula is C17H23ClN2O. The molecule has 21 heavy (non-hydrogen) atoms. The minimum absolute atomic E-state index is 0.343. The van der Waals surface area contributed by atoms with Crippen molar-refractivity contribution in [1.82, 2.24) is 9.88 Å². The predicted octanol–water partition coefficient (Wildman–Crippen LogP) is 3.21. The van der Waals surface area contributed by atoms with Crippen LogP contribution in [0.15, 0.2) is 18.3 Å². The molecule has 1 N–H and O–H groups in total. The molecule has 0 amide bonds. The molecule has 0 spiro atoms. The fourth-order valence-corrected chi connectivity index (χ4v) is 5.14. The van der Waals surface area contributed by atoms with Crippen LogP contribution in [0.25, 0.3) is 0 Å². The molecule has 4 heteroatoms. The molecule has 2 saturated carbocycles. The Labute approximate surface area is 131 Å². The van der Waals surface area contributed by atoms with Crippen molar-refractivity contribution in [3.05, 3.63) is 29.0 Å². The lowest BCUT2D eigenvalue weighted by Gasteiger charge is -2.46. The minimum atomic E-state index is -0.693. The highest BCUT2D eigenvalue weighted by Crippen LogP contribution is 2.52. The van der Waals surface area contributed by atoms with Crippen molar-refractivity contribution in [2.45, 2.75) is 50.2 Å². The van der Waals surface area contributed by atoms with Gasteiger partial charge in [0.1, 0.15) is 5.15 Å². The molecule has 0 aromatic carbocycles. The van der Waals surface area contributed by atoms with Crippen LogP contribution in [0.5, 0.6) is 0 Å². The number of halogens is 1. The van der Waals surface area contributed by atoms with E-state index in [1.54, 1.807) is 6.20 Å². The van der Waals surface area contributed by atoms with E-state index in [-0.39, 0.29) is 0 Å². The number of pyridine rings is 1. The van der Waals surface area contributed by atoms with E-state index in [2.05, 4.69) is 9.88 Å². The van der Waals surface area contributed by atoms with E-state index in [9.17, 15) is 5.11 Å². The highest BCUT2D eigenvalue weighted by molar-refractivity contribution is 6.29. The number of hydrogen-bond acceptors (Lipinski definition) is 3. The average molecular weight is 307 g/mol. The molecule has 3 fully saturated rings. The zero-order valence-electron chi connectivity index (χ0n) is 12.3. The average Bonchev–Trinajstić information content (AvgIpc) is 3.04. The number of piperidine rings is 1. The van der Waals surface area contributed by atoms with Crippen molar-refractivity contribution < 1.29 is 5.11 Å². The number of nitrogens with zero attached hydrogens (tertiary/aromatic N) is 2. The number of hydrogen-bond donors (Lipinski definition) is 1. The lowest BCUT2D eigenvalue weighted by molar-refractivity contribution is -0.0974. The molecule has 2 bridgehead atoms. The quantitative estimate of drug-likeness (QED) is 0.852. The molecule has 3 aliphatic rings. The molecule has 2 atom stereocenters. The fourth-order valence-electron chi connectivity index (χ4n) is 4.97. The first kappa shape index (κ1) is 14.0. The smallest absolute Gasteiger partial charge is 0.129 e. The molecular weight excluding hydrogens is 284 g/mol. The summed E-state index contributed by atoms with van der Waals surface area (Å²) in [5, 5.41) is 11.9. The number of fused-ring (bicyclic) bond motifs is 2. The summed E-state index contributed by atoms with van der Waals surface area (Å²) in [6.07, 6.45) is 9.42. The van der Waals surface area contributed by atoms with Gasteiger partial charge >= 0.3 is 0 Å². The second kappa shape index (κ2) is 5.22. The SMILES string of the molecule is OC1(c2ccnc(Cl)c2)C2CCC1CN(C1CCCC1)C2. The predicted molar refractivity (Wildman–Crippen MR) is 83.2 cm³/mol. The van der Waals surface area contributed by atoms with Crippen LogP contribution < -0.4 is 0 Å². The van der Waals surface area contributed by atoms with Gasteiger partial charge in [0.05, 0.1) is 5.60 Å². The van der Waals surface area contributed by atoms with Gasteiger partial charge in [-0.05, 0) is 43.4 Å². The zero-order valence-corrected chi connectivity index (χ0v) is 13.1. The fraction of sp³-hybridized carbons (Fsp3) is 0.706. The van der Waals surface area contributed by atoms with Gasteiger partial charge in [0.25, 0.3) is 0 Å². The van der Waals surface area contributed by atoms with Gasteiger partial charge in [-0.15, -0.1) is 0 Å². The summed E-state index contributed by atoms with van der Waals surface area (Å²) in [4.78, 5) is 6.72. The Morgan fingerprint density at radius 3 is 2.43 bits per heavy atom. The highest BCUT2D eigenvalue weighted by atomic mass is 35.5.